The topological polar surface area (TPSA) is 171 Å². The molecular weight excluding hydrogens is 1550 g/mol. The second-order valence-electron chi connectivity index (χ2n) is 32.6. The zero-order valence-electron chi connectivity index (χ0n) is 71.4. The fraction of sp³-hybridized carbons (Fsp3) is 0.388. The van der Waals surface area contributed by atoms with Crippen LogP contribution in [0.3, 0.4) is 0 Å². The van der Waals surface area contributed by atoms with Crippen LogP contribution in [0.2, 0.25) is 156 Å². The van der Waals surface area contributed by atoms with E-state index in [1.54, 1.807) is 55.6 Å². The number of piperidine rings is 1. The first-order chi connectivity index (χ1) is 52.3. The molecule has 0 amide bonds. The van der Waals surface area contributed by atoms with E-state index in [4.69, 9.17) is 31.4 Å². The third-order valence-electron chi connectivity index (χ3n) is 17.7. The van der Waals surface area contributed by atoms with E-state index in [-0.39, 0.29) is 0 Å². The summed E-state index contributed by atoms with van der Waals surface area (Å²) in [5.41, 5.74) is 4.33. The minimum Gasteiger partial charge on any atom is -0.455 e. The largest absolute Gasteiger partial charge is 0.455 e. The lowest BCUT2D eigenvalue weighted by Gasteiger charge is -2.35. The van der Waals surface area contributed by atoms with Crippen LogP contribution in [-0.4, -0.2) is 152 Å². The van der Waals surface area contributed by atoms with Crippen molar-refractivity contribution in [3.8, 4) is 12.3 Å². The fourth-order valence-corrected chi connectivity index (χ4v) is 51.3. The first-order valence-corrected chi connectivity index (χ1v) is 71.6. The normalized spacial score (nSPS) is 13.6. The second-order valence-corrected chi connectivity index (χ2v) is 74.5. The molecule has 5 heterocycles. The van der Waals surface area contributed by atoms with E-state index >= 15 is 0 Å². The molecule has 5 aromatic carbocycles. The predicted molar refractivity (Wildman–Crippen MR) is 500 cm³/mol. The lowest BCUT2D eigenvalue weighted by Crippen LogP contribution is -2.52. The number of aromatic nitrogens is 8. The van der Waals surface area contributed by atoms with Gasteiger partial charge in [-0.3, -0.25) is 0 Å². The molecule has 9 aromatic rings. The van der Waals surface area contributed by atoms with Gasteiger partial charge in [0.2, 0.25) is 47.4 Å². The van der Waals surface area contributed by atoms with E-state index in [0.717, 1.165) is 42.6 Å². The van der Waals surface area contributed by atoms with Crippen LogP contribution >= 0.6 is 0 Å². The summed E-state index contributed by atoms with van der Waals surface area (Å²) in [5.74, 6) is 5.13. The first kappa shape index (κ1) is 96.9. The average Bonchev–Trinajstić information content (AvgIpc) is 0.841. The average molecular weight is 1690 g/mol. The molecule has 4 aromatic heterocycles. The van der Waals surface area contributed by atoms with Crippen LogP contribution in [0.5, 0.6) is 0 Å². The summed E-state index contributed by atoms with van der Waals surface area (Å²) in [6.07, 6.45) is 29.1. The molecule has 1 N–H and O–H groups in total. The highest BCUT2D eigenvalue weighted by molar-refractivity contribution is 6.95. The van der Waals surface area contributed by atoms with Crippen molar-refractivity contribution in [3.63, 3.8) is 0 Å². The van der Waals surface area contributed by atoms with Crippen molar-refractivity contribution in [3.05, 3.63) is 260 Å². The van der Waals surface area contributed by atoms with E-state index in [1.165, 1.54) is 64.2 Å². The molecular formula is C85H133N9O6Si11. The fourth-order valence-electron chi connectivity index (χ4n) is 12.6. The van der Waals surface area contributed by atoms with Gasteiger partial charge in [0.05, 0.1) is 0 Å². The van der Waals surface area contributed by atoms with Gasteiger partial charge in [0.25, 0.3) is 0 Å². The molecule has 1 atom stereocenters. The third kappa shape index (κ3) is 40.9. The Morgan fingerprint density at radius 3 is 1.03 bits per heavy atom. The molecule has 598 valence electrons. The SMILES string of the molecule is C#Cc1ncccn1.CCO[SiH](C)C.C[SiH](C)O[Si](C)(C)c1ccccc1.C[Si](C)(/C=C/c1ncccn1)O[Si](C)(C)c1ccccc1.C[Si](C)(/C=C\c1ncccn1)O[Si](C)(C)c1ccccc1.C[Si](C)(CCC1CCCCN1)O[Si](C)(C)c1ccccc1.C[Si](C)(CCc1ncccn1)O[Si](C)(C)c1ccccc1. The van der Waals surface area contributed by atoms with Crippen molar-refractivity contribution in [2.45, 2.75) is 201 Å². The number of benzene rings is 5. The lowest BCUT2D eigenvalue weighted by atomic mass is 10.0. The summed E-state index contributed by atoms with van der Waals surface area (Å²) >= 11 is 0. The Labute approximate surface area is 682 Å². The number of nitrogens with zero attached hydrogens (tertiary/aromatic N) is 8. The Bertz CT molecular complexity index is 3940. The summed E-state index contributed by atoms with van der Waals surface area (Å²) in [5, 5.41) is 10.5. The maximum Gasteiger partial charge on any atom is 0.206 e. The molecule has 0 aliphatic carbocycles. The number of aryl methyl sites for hydroxylation is 1. The van der Waals surface area contributed by atoms with E-state index in [1.807, 2.05) is 49.4 Å². The summed E-state index contributed by atoms with van der Waals surface area (Å²) in [7, 11) is -17.6. The lowest BCUT2D eigenvalue weighted by molar-refractivity contribution is 0.350. The van der Waals surface area contributed by atoms with Crippen molar-refractivity contribution < 1.29 is 25.0 Å². The Morgan fingerprint density at radius 2 is 0.730 bits per heavy atom. The molecule has 1 aliphatic heterocycles. The van der Waals surface area contributed by atoms with E-state index in [0.29, 0.717) is 5.82 Å². The Balaban J connectivity index is 0.000000282. The van der Waals surface area contributed by atoms with Crippen LogP contribution in [0.25, 0.3) is 12.2 Å². The predicted octanol–water partition coefficient (Wildman–Crippen LogP) is 17.5. The first-order valence-electron chi connectivity index (χ1n) is 39.3. The van der Waals surface area contributed by atoms with Crippen molar-refractivity contribution in [2.24, 2.45) is 0 Å². The zero-order valence-corrected chi connectivity index (χ0v) is 82.7. The molecule has 1 aliphatic rings. The molecule has 1 unspecified atom stereocenters. The van der Waals surface area contributed by atoms with Crippen LogP contribution in [-0.2, 0) is 31.4 Å². The van der Waals surface area contributed by atoms with Gasteiger partial charge in [-0.15, -0.1) is 6.42 Å². The van der Waals surface area contributed by atoms with Gasteiger partial charge in [0.1, 0.15) is 5.82 Å². The molecule has 111 heavy (non-hydrogen) atoms. The van der Waals surface area contributed by atoms with Gasteiger partial charge in [-0.1, -0.05) is 169 Å². The highest BCUT2D eigenvalue weighted by atomic mass is 28.4. The smallest absolute Gasteiger partial charge is 0.206 e. The number of nitrogens with one attached hydrogen (secondary N) is 1. The molecule has 1 saturated heterocycles. The quantitative estimate of drug-likeness (QED) is 0.0381. The van der Waals surface area contributed by atoms with Crippen molar-refractivity contribution >= 4 is 131 Å². The highest BCUT2D eigenvalue weighted by Crippen LogP contribution is 2.25. The molecule has 0 spiro atoms. The minimum absolute atomic E-state index is 0.438. The Morgan fingerprint density at radius 1 is 0.405 bits per heavy atom. The maximum atomic E-state index is 6.75. The number of rotatable bonds is 27. The molecule has 26 heteroatoms. The number of hydrogen-bond acceptors (Lipinski definition) is 15. The monoisotopic (exact) mass is 1680 g/mol. The van der Waals surface area contributed by atoms with Gasteiger partial charge >= 0.3 is 0 Å². The van der Waals surface area contributed by atoms with Crippen LogP contribution in [0, 0.1) is 12.3 Å². The van der Waals surface area contributed by atoms with Gasteiger partial charge in [0.15, 0.2) is 63.0 Å². The standard InChI is InChI=1S/C17H31NOSi2.C16H24N2OSi2.2C16H22N2OSi2.C10H18OSi2.C6H4N2.C4H12OSi/c1-20(2,15-13-16-10-8-9-14-18-16)19-21(3,4)17-11-6-5-7-12-17;3*1-20(2,14-11-16-17-12-8-13-18-16)19-21(3,4)15-9-6-5-7-10-15;1-12(2)11-13(3,4)10-8-6-5-7-9-10;1-2-6-7-4-3-5-8-6;1-4-5-6(2)3/h5-7,11-12,16,18H,8-10,13-15H2,1-4H3;5-10,12-13H,11,14H2,1-4H3;2*5-14H,1-4H3;5-9,12H,1-4H3;1,3-5H;6H,4H2,1-3H3/b;;14-11+;14-11-;;;. The van der Waals surface area contributed by atoms with Gasteiger partial charge in [-0.05, 0) is 257 Å². The maximum absolute atomic E-state index is 6.75. The number of hydrogen-bond donors (Lipinski definition) is 1. The Kier molecular flexibility index (Phi) is 42.5. The summed E-state index contributed by atoms with van der Waals surface area (Å²) < 4.78 is 37.8. The van der Waals surface area contributed by atoms with Crippen molar-refractivity contribution in [1.29, 1.82) is 0 Å². The third-order valence-corrected chi connectivity index (χ3v) is 53.2. The Hall–Kier alpha value is -6.43. The van der Waals surface area contributed by atoms with Gasteiger partial charge in [-0.2, -0.15) is 0 Å². The minimum atomic E-state index is -1.90. The van der Waals surface area contributed by atoms with Gasteiger partial charge in [0, 0.05) is 68.6 Å². The van der Waals surface area contributed by atoms with E-state index in [9.17, 15) is 0 Å². The highest BCUT2D eigenvalue weighted by Gasteiger charge is 2.38. The molecule has 1 fully saturated rings. The van der Waals surface area contributed by atoms with Crippen LogP contribution in [0.15, 0.2) is 237 Å². The molecule has 0 saturated carbocycles. The van der Waals surface area contributed by atoms with Gasteiger partial charge in [-0.25, -0.2) is 39.9 Å². The molecule has 15 nitrogen and oxygen atoms in total. The van der Waals surface area contributed by atoms with E-state index < -0.39 is 92.9 Å². The molecule has 0 radical (unpaired) electrons. The molecule has 10 rings (SSSR count). The molecule has 0 bridgehead atoms. The summed E-state index contributed by atoms with van der Waals surface area (Å²) in [6.45, 7) is 54.0. The summed E-state index contributed by atoms with van der Waals surface area (Å²) in [6, 6.07) is 63.4. The van der Waals surface area contributed by atoms with Gasteiger partial charge < -0.3 is 30.3 Å². The van der Waals surface area contributed by atoms with Crippen LogP contribution < -0.4 is 31.3 Å². The number of terminal acetylenes is 1. The van der Waals surface area contributed by atoms with Crippen molar-refractivity contribution in [2.75, 3.05) is 13.2 Å². The van der Waals surface area contributed by atoms with Crippen LogP contribution in [0.1, 0.15) is 55.9 Å². The summed E-state index contributed by atoms with van der Waals surface area (Å²) in [4.78, 5) is 33.0. The van der Waals surface area contributed by atoms with E-state index in [2.05, 4.69) is 346 Å². The zero-order chi connectivity index (χ0) is 82.1. The van der Waals surface area contributed by atoms with Crippen molar-refractivity contribution in [1.82, 2.24) is 45.2 Å². The van der Waals surface area contributed by atoms with Crippen LogP contribution in [0.4, 0.5) is 0 Å². The second kappa shape index (κ2) is 48.7.